The molecule has 3 N–H and O–H groups in total. The molecule has 0 bridgehead atoms. The second-order valence-electron chi connectivity index (χ2n) is 4.74. The van der Waals surface area contributed by atoms with Crippen LogP contribution in [-0.4, -0.2) is 28.7 Å². The molecule has 3 rings (SSSR count). The topological polar surface area (TPSA) is 107 Å². The van der Waals surface area contributed by atoms with E-state index in [-0.39, 0.29) is 33.2 Å². The van der Waals surface area contributed by atoms with E-state index in [4.69, 9.17) is 5.73 Å². The van der Waals surface area contributed by atoms with E-state index in [0.29, 0.717) is 17.8 Å². The van der Waals surface area contributed by atoms with Gasteiger partial charge in [-0.15, -0.1) is 0 Å². The Morgan fingerprint density at radius 3 is 2.65 bits per heavy atom. The number of nitrogens with one attached hydrogen (secondary N) is 1. The van der Waals surface area contributed by atoms with Gasteiger partial charge in [0.1, 0.15) is 28.4 Å². The lowest BCUT2D eigenvalue weighted by atomic mass is 10.2. The lowest BCUT2D eigenvalue weighted by molar-refractivity contribution is 0.627. The van der Waals surface area contributed by atoms with Gasteiger partial charge in [0.2, 0.25) is 0 Å². The fraction of sp³-hybridized carbons (Fsp3) is 0.143. The minimum atomic E-state index is -0.558. The third kappa shape index (κ3) is 2.55. The number of aromatic amines is 1. The van der Waals surface area contributed by atoms with E-state index in [9.17, 15) is 13.4 Å². The molecular formula is C14H12FN5O2S. The Bertz CT molecular complexity index is 1000. The molecule has 0 amide bonds. The van der Waals surface area contributed by atoms with Crippen LogP contribution >= 0.6 is 0 Å². The van der Waals surface area contributed by atoms with E-state index in [2.05, 4.69) is 15.0 Å². The molecular weight excluding hydrogens is 321 g/mol. The van der Waals surface area contributed by atoms with Gasteiger partial charge in [0, 0.05) is 12.0 Å². The molecule has 0 aliphatic heterocycles. The van der Waals surface area contributed by atoms with Crippen molar-refractivity contribution in [3.8, 4) is 0 Å². The Morgan fingerprint density at radius 2 is 2.04 bits per heavy atom. The van der Waals surface area contributed by atoms with Crippen LogP contribution in [0.2, 0.25) is 0 Å². The monoisotopic (exact) mass is 333 g/mol. The van der Waals surface area contributed by atoms with E-state index in [1.807, 2.05) is 6.92 Å². The molecule has 3 aromatic rings. The van der Waals surface area contributed by atoms with Crippen molar-refractivity contribution in [1.82, 2.24) is 19.5 Å². The number of imidazole rings is 1. The van der Waals surface area contributed by atoms with Gasteiger partial charge in [-0.25, -0.2) is 27.9 Å². The van der Waals surface area contributed by atoms with Crippen molar-refractivity contribution >= 4 is 33.2 Å². The summed E-state index contributed by atoms with van der Waals surface area (Å²) in [5.41, 5.74) is 6.17. The molecule has 0 saturated heterocycles. The van der Waals surface area contributed by atoms with Crippen LogP contribution < -0.4 is 11.4 Å². The Hall–Kier alpha value is -2.81. The maximum absolute atomic E-state index is 13.1. The SMILES string of the molecule is CCc1nc(N)c2[nH]c(=O)n(C(=S=O)c3ccc(F)cc3)c2n1. The van der Waals surface area contributed by atoms with Crippen LogP contribution in [0.5, 0.6) is 0 Å². The third-order valence-corrected chi connectivity index (χ3v) is 3.88. The summed E-state index contributed by atoms with van der Waals surface area (Å²) in [6.45, 7) is 1.85. The first kappa shape index (κ1) is 15.1. The number of H-pyrrole nitrogens is 1. The number of anilines is 1. The van der Waals surface area contributed by atoms with Crippen molar-refractivity contribution in [2.24, 2.45) is 0 Å². The molecule has 0 radical (unpaired) electrons. The number of aryl methyl sites for hydroxylation is 1. The molecule has 0 atom stereocenters. The highest BCUT2D eigenvalue weighted by molar-refractivity contribution is 7.67. The average molecular weight is 333 g/mol. The van der Waals surface area contributed by atoms with Crippen LogP contribution in [0.1, 0.15) is 18.3 Å². The van der Waals surface area contributed by atoms with Gasteiger partial charge < -0.3 is 10.7 Å². The number of nitrogens with two attached hydrogens (primary N) is 1. The van der Waals surface area contributed by atoms with Gasteiger partial charge in [0.15, 0.2) is 16.5 Å². The van der Waals surface area contributed by atoms with Crippen molar-refractivity contribution in [3.63, 3.8) is 0 Å². The second kappa shape index (κ2) is 5.76. The normalized spacial score (nSPS) is 10.9. The fourth-order valence-electron chi connectivity index (χ4n) is 2.21. The smallest absolute Gasteiger partial charge is 0.333 e. The molecule has 0 aliphatic rings. The fourth-order valence-corrected chi connectivity index (χ4v) is 2.68. The van der Waals surface area contributed by atoms with Crippen LogP contribution in [0.4, 0.5) is 10.2 Å². The lowest BCUT2D eigenvalue weighted by Crippen LogP contribution is -2.26. The van der Waals surface area contributed by atoms with Crippen molar-refractivity contribution in [2.75, 3.05) is 5.73 Å². The summed E-state index contributed by atoms with van der Waals surface area (Å²) in [7, 11) is 0. The molecule has 0 fully saturated rings. The molecule has 2 heterocycles. The van der Waals surface area contributed by atoms with E-state index in [0.717, 1.165) is 4.57 Å². The van der Waals surface area contributed by atoms with Crippen molar-refractivity contribution < 1.29 is 8.60 Å². The Kier molecular flexibility index (Phi) is 3.78. The molecule has 0 unspecified atom stereocenters. The first-order valence-electron chi connectivity index (χ1n) is 6.75. The van der Waals surface area contributed by atoms with Gasteiger partial charge in [0.05, 0.1) is 0 Å². The first-order chi connectivity index (χ1) is 11.0. The van der Waals surface area contributed by atoms with Crippen LogP contribution in [0.3, 0.4) is 0 Å². The van der Waals surface area contributed by atoms with Gasteiger partial charge in [-0.3, -0.25) is 0 Å². The third-order valence-electron chi connectivity index (χ3n) is 3.30. The van der Waals surface area contributed by atoms with E-state index >= 15 is 0 Å². The quantitative estimate of drug-likeness (QED) is 0.670. The predicted octanol–water partition coefficient (Wildman–Crippen LogP) is 0.643. The van der Waals surface area contributed by atoms with Gasteiger partial charge >= 0.3 is 5.69 Å². The standard InChI is InChI=1S/C14H12FN5O2S/c1-2-9-17-11(16)10-12(18-9)20(14(21)19-10)13(23-22)7-3-5-8(15)6-4-7/h3-6H,2H2,1H3,(H,19,21)(H2,16,17,18). The van der Waals surface area contributed by atoms with Gasteiger partial charge in [-0.2, -0.15) is 0 Å². The highest BCUT2D eigenvalue weighted by Gasteiger charge is 2.18. The molecule has 0 spiro atoms. The number of rotatable bonds is 2. The summed E-state index contributed by atoms with van der Waals surface area (Å²) in [4.78, 5) is 23.3. The van der Waals surface area contributed by atoms with Gasteiger partial charge in [-0.1, -0.05) is 6.92 Å². The van der Waals surface area contributed by atoms with E-state index < -0.39 is 11.5 Å². The number of fused-ring (bicyclic) bond motifs is 1. The summed E-state index contributed by atoms with van der Waals surface area (Å²) in [6, 6.07) is 5.27. The van der Waals surface area contributed by atoms with E-state index in [1.165, 1.54) is 24.3 Å². The van der Waals surface area contributed by atoms with Gasteiger partial charge in [0.25, 0.3) is 0 Å². The highest BCUT2D eigenvalue weighted by Crippen LogP contribution is 2.16. The zero-order valence-corrected chi connectivity index (χ0v) is 12.9. The average Bonchev–Trinajstić information content (AvgIpc) is 2.87. The van der Waals surface area contributed by atoms with Gasteiger partial charge in [-0.05, 0) is 24.3 Å². The summed E-state index contributed by atoms with van der Waals surface area (Å²) >= 11 is 0.121. The summed E-state index contributed by atoms with van der Waals surface area (Å²) in [6.07, 6.45) is 0.524. The summed E-state index contributed by atoms with van der Waals surface area (Å²) in [5.74, 6) is 0.157. The van der Waals surface area contributed by atoms with Crippen molar-refractivity contribution in [3.05, 3.63) is 52.0 Å². The summed E-state index contributed by atoms with van der Waals surface area (Å²) in [5, 5.41) is 0. The largest absolute Gasteiger partial charge is 0.382 e. The highest BCUT2D eigenvalue weighted by atomic mass is 32.1. The molecule has 118 valence electrons. The number of hydrogen-bond donors (Lipinski definition) is 2. The number of nitrogen functional groups attached to an aromatic ring is 1. The maximum Gasteiger partial charge on any atom is 0.333 e. The number of aromatic nitrogens is 4. The molecule has 1 aromatic carbocycles. The van der Waals surface area contributed by atoms with Crippen LogP contribution in [0, 0.1) is 5.82 Å². The van der Waals surface area contributed by atoms with Crippen molar-refractivity contribution in [1.29, 1.82) is 0 Å². The van der Waals surface area contributed by atoms with Crippen molar-refractivity contribution in [2.45, 2.75) is 13.3 Å². The minimum absolute atomic E-state index is 0.0846. The number of halogens is 1. The maximum atomic E-state index is 13.1. The van der Waals surface area contributed by atoms with E-state index in [1.54, 1.807) is 0 Å². The molecule has 0 aliphatic carbocycles. The molecule has 23 heavy (non-hydrogen) atoms. The minimum Gasteiger partial charge on any atom is -0.382 e. The molecule has 7 nitrogen and oxygen atoms in total. The number of nitrogens with zero attached hydrogens (tertiary/aromatic N) is 3. The number of benzene rings is 1. The Balaban J connectivity index is 2.32. The summed E-state index contributed by atoms with van der Waals surface area (Å²) < 4.78 is 25.8. The Morgan fingerprint density at radius 1 is 1.35 bits per heavy atom. The first-order valence-corrected chi connectivity index (χ1v) is 7.49. The molecule has 9 heteroatoms. The molecule has 0 saturated carbocycles. The molecule has 2 aromatic heterocycles. The zero-order chi connectivity index (χ0) is 16.6. The zero-order valence-electron chi connectivity index (χ0n) is 12.0. The van der Waals surface area contributed by atoms with Crippen LogP contribution in [0.15, 0.2) is 29.1 Å². The Labute approximate surface area is 133 Å². The lowest BCUT2D eigenvalue weighted by Gasteiger charge is -2.06. The second-order valence-corrected chi connectivity index (χ2v) is 5.29. The number of hydrogen-bond acceptors (Lipinski definition) is 5. The van der Waals surface area contributed by atoms with Crippen LogP contribution in [0.25, 0.3) is 11.2 Å². The predicted molar refractivity (Wildman–Crippen MR) is 86.0 cm³/mol. The van der Waals surface area contributed by atoms with Crippen LogP contribution in [-0.2, 0) is 17.7 Å².